The first kappa shape index (κ1) is 16.7. The molecule has 1 aliphatic heterocycles. The van der Waals surface area contributed by atoms with Gasteiger partial charge >= 0.3 is 0 Å². The topological polar surface area (TPSA) is 47.7 Å². The summed E-state index contributed by atoms with van der Waals surface area (Å²) in [5, 5.41) is 0. The number of piperidine rings is 1. The van der Waals surface area contributed by atoms with Crippen molar-refractivity contribution < 1.29 is 9.47 Å². The van der Waals surface area contributed by atoms with Gasteiger partial charge in [0.1, 0.15) is 5.75 Å². The number of hydrogen-bond donors (Lipinski definition) is 1. The number of nitrogens with two attached hydrogens (primary N) is 1. The van der Waals surface area contributed by atoms with Crippen LogP contribution in [0.3, 0.4) is 0 Å². The highest BCUT2D eigenvalue weighted by molar-refractivity contribution is 9.10. The number of methoxy groups -OCH3 is 2. The molecule has 0 amide bonds. The van der Waals surface area contributed by atoms with Crippen molar-refractivity contribution in [2.24, 2.45) is 11.7 Å². The van der Waals surface area contributed by atoms with E-state index in [4.69, 9.17) is 15.2 Å². The van der Waals surface area contributed by atoms with Gasteiger partial charge in [0.25, 0.3) is 0 Å². The molecule has 2 N–H and O–H groups in total. The molecule has 1 aromatic rings. The number of likely N-dealkylation sites (tertiary alicyclic amines) is 1. The lowest BCUT2D eigenvalue weighted by atomic mass is 9.95. The monoisotopic (exact) mass is 356 g/mol. The van der Waals surface area contributed by atoms with Gasteiger partial charge in [-0.3, -0.25) is 4.90 Å². The average molecular weight is 357 g/mol. The van der Waals surface area contributed by atoms with Gasteiger partial charge in [0.2, 0.25) is 0 Å². The Labute approximate surface area is 135 Å². The van der Waals surface area contributed by atoms with E-state index in [1.807, 2.05) is 12.1 Å². The largest absolute Gasteiger partial charge is 0.496 e. The van der Waals surface area contributed by atoms with Crippen LogP contribution in [0.5, 0.6) is 5.75 Å². The summed E-state index contributed by atoms with van der Waals surface area (Å²) >= 11 is 3.55. The maximum atomic E-state index is 6.08. The maximum absolute atomic E-state index is 6.08. The van der Waals surface area contributed by atoms with Crippen molar-refractivity contribution in [3.8, 4) is 5.75 Å². The molecule has 1 heterocycles. The Balaban J connectivity index is 2.20. The van der Waals surface area contributed by atoms with Gasteiger partial charge in [-0.15, -0.1) is 0 Å². The molecule has 0 aliphatic carbocycles. The zero-order valence-electron chi connectivity index (χ0n) is 12.8. The fourth-order valence-electron chi connectivity index (χ4n) is 3.19. The van der Waals surface area contributed by atoms with Crippen molar-refractivity contribution in [1.82, 2.24) is 4.90 Å². The van der Waals surface area contributed by atoms with Gasteiger partial charge in [-0.2, -0.15) is 0 Å². The second kappa shape index (κ2) is 8.13. The Morgan fingerprint density at radius 2 is 2.24 bits per heavy atom. The highest BCUT2D eigenvalue weighted by Crippen LogP contribution is 2.33. The van der Waals surface area contributed by atoms with Crippen LogP contribution in [0.2, 0.25) is 0 Å². The number of ether oxygens (including phenoxy) is 2. The first-order valence-corrected chi connectivity index (χ1v) is 8.25. The molecule has 2 atom stereocenters. The molecule has 0 aromatic heterocycles. The third-order valence-electron chi connectivity index (χ3n) is 4.17. The highest BCUT2D eigenvalue weighted by Gasteiger charge is 2.28. The Morgan fingerprint density at radius 3 is 2.90 bits per heavy atom. The number of benzene rings is 1. The van der Waals surface area contributed by atoms with Crippen LogP contribution < -0.4 is 10.5 Å². The second-order valence-electron chi connectivity index (χ2n) is 5.60. The van der Waals surface area contributed by atoms with Crippen molar-refractivity contribution in [3.05, 3.63) is 28.2 Å². The fraction of sp³-hybridized carbons (Fsp3) is 0.625. The number of halogens is 1. The third kappa shape index (κ3) is 4.19. The molecular weight excluding hydrogens is 332 g/mol. The lowest BCUT2D eigenvalue weighted by Gasteiger charge is -2.38. The first-order chi connectivity index (χ1) is 10.2. The van der Waals surface area contributed by atoms with Gasteiger partial charge in [0, 0.05) is 30.2 Å². The number of rotatable bonds is 6. The summed E-state index contributed by atoms with van der Waals surface area (Å²) in [5.74, 6) is 1.50. The van der Waals surface area contributed by atoms with E-state index in [-0.39, 0.29) is 6.04 Å². The molecule has 5 heteroatoms. The molecule has 0 radical (unpaired) electrons. The molecule has 1 aromatic carbocycles. The SMILES string of the molecule is COCC1CCCN(C(CN)c2cc(Br)ccc2OC)C1. The van der Waals surface area contributed by atoms with Gasteiger partial charge in [0.05, 0.1) is 19.8 Å². The maximum Gasteiger partial charge on any atom is 0.123 e. The predicted molar refractivity (Wildman–Crippen MR) is 88.7 cm³/mol. The van der Waals surface area contributed by atoms with E-state index in [2.05, 4.69) is 26.9 Å². The first-order valence-electron chi connectivity index (χ1n) is 7.46. The fourth-order valence-corrected chi connectivity index (χ4v) is 3.57. The Hall–Kier alpha value is -0.620. The molecular formula is C16H25BrN2O2. The Morgan fingerprint density at radius 1 is 1.43 bits per heavy atom. The molecule has 1 aliphatic rings. The summed E-state index contributed by atoms with van der Waals surface area (Å²) in [5.41, 5.74) is 7.24. The van der Waals surface area contributed by atoms with E-state index in [1.165, 1.54) is 12.8 Å². The second-order valence-corrected chi connectivity index (χ2v) is 6.51. The van der Waals surface area contributed by atoms with Gasteiger partial charge in [-0.05, 0) is 43.5 Å². The summed E-state index contributed by atoms with van der Waals surface area (Å²) < 4.78 is 11.9. The van der Waals surface area contributed by atoms with E-state index >= 15 is 0 Å². The van der Waals surface area contributed by atoms with Gasteiger partial charge in [0.15, 0.2) is 0 Å². The molecule has 118 valence electrons. The normalized spacial score (nSPS) is 21.2. The van der Waals surface area contributed by atoms with Gasteiger partial charge in [-0.25, -0.2) is 0 Å². The van der Waals surface area contributed by atoms with E-state index in [0.717, 1.165) is 35.5 Å². The van der Waals surface area contributed by atoms with Crippen LogP contribution in [-0.2, 0) is 4.74 Å². The van der Waals surface area contributed by atoms with Crippen LogP contribution in [0.25, 0.3) is 0 Å². The van der Waals surface area contributed by atoms with Crippen LogP contribution in [-0.4, -0.2) is 45.4 Å². The quantitative estimate of drug-likeness (QED) is 0.851. The summed E-state index contributed by atoms with van der Waals surface area (Å²) in [6, 6.07) is 6.31. The van der Waals surface area contributed by atoms with E-state index in [0.29, 0.717) is 12.5 Å². The lowest BCUT2D eigenvalue weighted by molar-refractivity contribution is 0.0690. The minimum atomic E-state index is 0.192. The van der Waals surface area contributed by atoms with Crippen LogP contribution >= 0.6 is 15.9 Å². The Kier molecular flexibility index (Phi) is 6.48. The number of hydrogen-bond acceptors (Lipinski definition) is 4. The summed E-state index contributed by atoms with van der Waals surface area (Å²) in [4.78, 5) is 2.47. The van der Waals surface area contributed by atoms with E-state index < -0.39 is 0 Å². The molecule has 2 unspecified atom stereocenters. The smallest absolute Gasteiger partial charge is 0.123 e. The summed E-state index contributed by atoms with van der Waals surface area (Å²) in [6.07, 6.45) is 2.43. The molecule has 1 saturated heterocycles. The predicted octanol–water partition coefficient (Wildman–Crippen LogP) is 2.82. The molecule has 0 saturated carbocycles. The summed E-state index contributed by atoms with van der Waals surface area (Å²) in [7, 11) is 3.49. The van der Waals surface area contributed by atoms with E-state index in [9.17, 15) is 0 Å². The lowest BCUT2D eigenvalue weighted by Crippen LogP contribution is -2.42. The number of nitrogens with zero attached hydrogens (tertiary/aromatic N) is 1. The van der Waals surface area contributed by atoms with Crippen LogP contribution in [0.4, 0.5) is 0 Å². The minimum Gasteiger partial charge on any atom is -0.496 e. The minimum absolute atomic E-state index is 0.192. The van der Waals surface area contributed by atoms with E-state index in [1.54, 1.807) is 14.2 Å². The van der Waals surface area contributed by atoms with Crippen LogP contribution in [0, 0.1) is 5.92 Å². The third-order valence-corrected chi connectivity index (χ3v) is 4.66. The molecule has 0 spiro atoms. The van der Waals surface area contributed by atoms with Crippen molar-refractivity contribution in [1.29, 1.82) is 0 Å². The van der Waals surface area contributed by atoms with Crippen molar-refractivity contribution in [3.63, 3.8) is 0 Å². The average Bonchev–Trinajstić information content (AvgIpc) is 2.49. The Bertz CT molecular complexity index is 454. The molecule has 0 bridgehead atoms. The standard InChI is InChI=1S/C16H25BrN2O2/c1-20-11-12-4-3-7-19(10-12)15(9-18)14-8-13(17)5-6-16(14)21-2/h5-6,8,12,15H,3-4,7,9-11,18H2,1-2H3. The van der Waals surface area contributed by atoms with Gasteiger partial charge in [-0.1, -0.05) is 15.9 Å². The van der Waals surface area contributed by atoms with Crippen molar-refractivity contribution >= 4 is 15.9 Å². The molecule has 2 rings (SSSR count). The van der Waals surface area contributed by atoms with Crippen molar-refractivity contribution in [2.45, 2.75) is 18.9 Å². The highest BCUT2D eigenvalue weighted by atomic mass is 79.9. The molecule has 21 heavy (non-hydrogen) atoms. The van der Waals surface area contributed by atoms with Crippen LogP contribution in [0.15, 0.2) is 22.7 Å². The molecule has 1 fully saturated rings. The van der Waals surface area contributed by atoms with Crippen LogP contribution in [0.1, 0.15) is 24.4 Å². The van der Waals surface area contributed by atoms with Gasteiger partial charge < -0.3 is 15.2 Å². The summed E-state index contributed by atoms with van der Waals surface area (Å²) in [6.45, 7) is 3.53. The van der Waals surface area contributed by atoms with Crippen molar-refractivity contribution in [2.75, 3.05) is 40.5 Å². The molecule has 4 nitrogen and oxygen atoms in total. The zero-order valence-corrected chi connectivity index (χ0v) is 14.4. The zero-order chi connectivity index (χ0) is 15.2.